The number of pyridine rings is 1. The van der Waals surface area contributed by atoms with E-state index in [4.69, 9.17) is 4.74 Å². The van der Waals surface area contributed by atoms with E-state index in [1.807, 2.05) is 32.3 Å². The third kappa shape index (κ3) is 2.63. The smallest absolute Gasteiger partial charge is 0.241 e. The molecule has 0 aliphatic heterocycles. The third-order valence-corrected chi connectivity index (χ3v) is 5.53. The van der Waals surface area contributed by atoms with Gasteiger partial charge in [-0.05, 0) is 26.0 Å². The number of thiazole rings is 1. The Morgan fingerprint density at radius 2 is 2.07 bits per heavy atom. The summed E-state index contributed by atoms with van der Waals surface area (Å²) in [6.07, 6.45) is 5.19. The summed E-state index contributed by atoms with van der Waals surface area (Å²) < 4.78 is 9.33. The van der Waals surface area contributed by atoms with Crippen molar-refractivity contribution in [2.24, 2.45) is 0 Å². The van der Waals surface area contributed by atoms with Gasteiger partial charge in [-0.2, -0.15) is 10.1 Å². The van der Waals surface area contributed by atoms with E-state index in [1.165, 1.54) is 6.33 Å². The highest BCUT2D eigenvalue weighted by Crippen LogP contribution is 2.31. The van der Waals surface area contributed by atoms with Crippen LogP contribution in [0.1, 0.15) is 16.5 Å². The molecule has 0 fully saturated rings. The van der Waals surface area contributed by atoms with Crippen molar-refractivity contribution in [3.05, 3.63) is 52.8 Å². The normalized spacial score (nSPS) is 11.5. The molecule has 5 heterocycles. The predicted molar refractivity (Wildman–Crippen MR) is 107 cm³/mol. The van der Waals surface area contributed by atoms with Gasteiger partial charge >= 0.3 is 0 Å². The van der Waals surface area contributed by atoms with Gasteiger partial charge in [-0.1, -0.05) is 0 Å². The van der Waals surface area contributed by atoms with Gasteiger partial charge in [-0.25, -0.2) is 19.5 Å². The summed E-state index contributed by atoms with van der Waals surface area (Å²) in [5, 5.41) is 7.40. The van der Waals surface area contributed by atoms with Crippen LogP contribution in [0, 0.1) is 13.8 Å². The number of imidazole rings is 1. The van der Waals surface area contributed by atoms with E-state index in [0.29, 0.717) is 12.4 Å². The second-order valence-corrected chi connectivity index (χ2v) is 7.52. The molecule has 0 N–H and O–H groups in total. The van der Waals surface area contributed by atoms with E-state index >= 15 is 0 Å². The highest BCUT2D eigenvalue weighted by Gasteiger charge is 2.16. The molecular weight excluding hydrogens is 374 g/mol. The molecule has 0 amide bonds. The topological polar surface area (TPSA) is 83.0 Å². The van der Waals surface area contributed by atoms with E-state index in [9.17, 15) is 0 Å². The molecule has 9 heteroatoms. The van der Waals surface area contributed by atoms with Crippen LogP contribution in [0.3, 0.4) is 0 Å². The zero-order valence-electron chi connectivity index (χ0n) is 15.6. The molecule has 0 spiro atoms. The Morgan fingerprint density at radius 3 is 2.86 bits per heavy atom. The van der Waals surface area contributed by atoms with Crippen LogP contribution in [-0.4, -0.2) is 41.2 Å². The molecule has 5 aromatic heterocycles. The molecule has 5 rings (SSSR count). The molecule has 0 bridgehead atoms. The fourth-order valence-electron chi connectivity index (χ4n) is 3.42. The molecule has 5 aromatic rings. The number of rotatable bonds is 4. The molecule has 140 valence electrons. The van der Waals surface area contributed by atoms with Crippen LogP contribution in [0.25, 0.3) is 27.8 Å². The van der Waals surface area contributed by atoms with Crippen LogP contribution in [0.2, 0.25) is 0 Å². The average molecular weight is 391 g/mol. The minimum Gasteiger partial charge on any atom is -0.479 e. The average Bonchev–Trinajstić information content (AvgIpc) is 3.39. The largest absolute Gasteiger partial charge is 0.479 e. The van der Waals surface area contributed by atoms with Crippen LogP contribution in [-0.2, 0) is 6.54 Å². The van der Waals surface area contributed by atoms with Crippen molar-refractivity contribution in [1.82, 2.24) is 34.1 Å². The Labute approximate surface area is 164 Å². The number of ether oxygens (including phenoxy) is 1. The van der Waals surface area contributed by atoms with Gasteiger partial charge in [-0.3, -0.25) is 0 Å². The third-order valence-electron chi connectivity index (χ3n) is 4.71. The highest BCUT2D eigenvalue weighted by molar-refractivity contribution is 7.09. The van der Waals surface area contributed by atoms with Crippen LogP contribution in [0.15, 0.2) is 36.2 Å². The van der Waals surface area contributed by atoms with Crippen molar-refractivity contribution in [2.75, 3.05) is 7.11 Å². The molecule has 8 nitrogen and oxygen atoms in total. The Bertz CT molecular complexity index is 1320. The number of aryl methyl sites for hydroxylation is 2. The van der Waals surface area contributed by atoms with E-state index in [0.717, 1.165) is 44.3 Å². The van der Waals surface area contributed by atoms with E-state index in [1.54, 1.807) is 23.0 Å². The number of nitrogens with zero attached hydrogens (tertiary/aromatic N) is 7. The second-order valence-electron chi connectivity index (χ2n) is 6.46. The fraction of sp³-hybridized carbons (Fsp3) is 0.211. The van der Waals surface area contributed by atoms with Gasteiger partial charge in [0.05, 0.1) is 29.9 Å². The summed E-state index contributed by atoms with van der Waals surface area (Å²) in [5.74, 6) is 1.44. The second kappa shape index (κ2) is 6.38. The maximum atomic E-state index is 5.43. The Kier molecular flexibility index (Phi) is 3.83. The lowest BCUT2D eigenvalue weighted by atomic mass is 10.1. The van der Waals surface area contributed by atoms with E-state index < -0.39 is 0 Å². The first kappa shape index (κ1) is 16.8. The van der Waals surface area contributed by atoms with Gasteiger partial charge in [0.15, 0.2) is 5.65 Å². The molecule has 0 aliphatic rings. The Balaban J connectivity index is 1.67. The molecule has 0 aromatic carbocycles. The van der Waals surface area contributed by atoms with Gasteiger partial charge in [-0.15, -0.1) is 11.3 Å². The minimum atomic E-state index is 0.526. The quantitative estimate of drug-likeness (QED) is 0.468. The van der Waals surface area contributed by atoms with Crippen molar-refractivity contribution < 1.29 is 4.74 Å². The number of hydrogen-bond acceptors (Lipinski definition) is 7. The first-order valence-corrected chi connectivity index (χ1v) is 9.62. The molecule has 0 aliphatic carbocycles. The van der Waals surface area contributed by atoms with Gasteiger partial charge in [0.1, 0.15) is 17.7 Å². The molecule has 0 radical (unpaired) electrons. The standard InChI is InChI=1S/C19H17N7OS/c1-11-23-18-16(25(11)8-14-9-28-12(2)24-14)6-13(7-20-18)15-4-5-26-17(15)19(27-3)21-10-22-26/h4-7,9-10H,8H2,1-3H3. The van der Waals surface area contributed by atoms with Crippen molar-refractivity contribution in [2.45, 2.75) is 20.4 Å². The summed E-state index contributed by atoms with van der Waals surface area (Å²) >= 11 is 1.65. The Morgan fingerprint density at radius 1 is 1.18 bits per heavy atom. The summed E-state index contributed by atoms with van der Waals surface area (Å²) in [6.45, 7) is 4.67. The van der Waals surface area contributed by atoms with Gasteiger partial charge in [0, 0.05) is 28.9 Å². The van der Waals surface area contributed by atoms with Crippen molar-refractivity contribution in [1.29, 1.82) is 0 Å². The predicted octanol–water partition coefficient (Wildman–Crippen LogP) is 3.27. The molecule has 0 unspecified atom stereocenters. The summed E-state index contributed by atoms with van der Waals surface area (Å²) in [5.41, 5.74) is 5.44. The molecule has 0 saturated heterocycles. The van der Waals surface area contributed by atoms with Crippen LogP contribution < -0.4 is 4.74 Å². The lowest BCUT2D eigenvalue weighted by Crippen LogP contribution is -2.02. The Hall–Kier alpha value is -3.33. The zero-order valence-corrected chi connectivity index (χ0v) is 16.4. The molecular formula is C19H17N7OS. The van der Waals surface area contributed by atoms with Gasteiger partial charge < -0.3 is 9.30 Å². The number of fused-ring (bicyclic) bond motifs is 2. The molecule has 0 atom stereocenters. The summed E-state index contributed by atoms with van der Waals surface area (Å²) in [6, 6.07) is 4.09. The molecule has 28 heavy (non-hydrogen) atoms. The summed E-state index contributed by atoms with van der Waals surface area (Å²) in [4.78, 5) is 18.0. The zero-order chi connectivity index (χ0) is 19.3. The number of methoxy groups -OCH3 is 1. The molecule has 0 saturated carbocycles. The van der Waals surface area contributed by atoms with Crippen molar-refractivity contribution in [3.8, 4) is 17.0 Å². The van der Waals surface area contributed by atoms with E-state index in [2.05, 4.69) is 41.0 Å². The first-order valence-electron chi connectivity index (χ1n) is 8.74. The SMILES string of the molecule is COc1ncnn2ccc(-c3cnc4nc(C)n(Cc5csc(C)n5)c4c3)c12. The van der Waals surface area contributed by atoms with Gasteiger partial charge in [0.25, 0.3) is 0 Å². The van der Waals surface area contributed by atoms with Crippen molar-refractivity contribution >= 4 is 28.0 Å². The maximum absolute atomic E-state index is 5.43. The minimum absolute atomic E-state index is 0.526. The monoisotopic (exact) mass is 391 g/mol. The van der Waals surface area contributed by atoms with Gasteiger partial charge in [0.2, 0.25) is 5.88 Å². The first-order chi connectivity index (χ1) is 13.6. The fourth-order valence-corrected chi connectivity index (χ4v) is 4.02. The lowest BCUT2D eigenvalue weighted by Gasteiger charge is -2.07. The van der Waals surface area contributed by atoms with E-state index in [-0.39, 0.29) is 0 Å². The maximum Gasteiger partial charge on any atom is 0.241 e. The lowest BCUT2D eigenvalue weighted by molar-refractivity contribution is 0.399. The van der Waals surface area contributed by atoms with Crippen LogP contribution in [0.4, 0.5) is 0 Å². The van der Waals surface area contributed by atoms with Crippen LogP contribution in [0.5, 0.6) is 5.88 Å². The van der Waals surface area contributed by atoms with Crippen molar-refractivity contribution in [3.63, 3.8) is 0 Å². The summed E-state index contributed by atoms with van der Waals surface area (Å²) in [7, 11) is 1.61. The highest BCUT2D eigenvalue weighted by atomic mass is 32.1. The number of hydrogen-bond donors (Lipinski definition) is 0. The number of aromatic nitrogens is 7. The van der Waals surface area contributed by atoms with Crippen LogP contribution >= 0.6 is 11.3 Å².